The van der Waals surface area contributed by atoms with Crippen molar-refractivity contribution in [1.29, 1.82) is 0 Å². The van der Waals surface area contributed by atoms with Gasteiger partial charge >= 0.3 is 6.18 Å². The molecule has 0 unspecified atom stereocenters. The molecule has 3 rings (SSSR count). The van der Waals surface area contributed by atoms with Crippen LogP contribution in [-0.4, -0.2) is 11.8 Å². The van der Waals surface area contributed by atoms with Gasteiger partial charge in [0, 0.05) is 16.1 Å². The Labute approximate surface area is 173 Å². The third kappa shape index (κ3) is 4.85. The van der Waals surface area contributed by atoms with E-state index in [2.05, 4.69) is 10.6 Å². The lowest BCUT2D eigenvalue weighted by Gasteiger charge is -2.15. The van der Waals surface area contributed by atoms with Crippen LogP contribution in [0.3, 0.4) is 0 Å². The highest BCUT2D eigenvalue weighted by molar-refractivity contribution is 7.14. The molecule has 0 atom stereocenters. The Kier molecular flexibility index (Phi) is 5.93. The Morgan fingerprint density at radius 1 is 0.900 bits per heavy atom. The van der Waals surface area contributed by atoms with Crippen LogP contribution >= 0.6 is 11.3 Å². The number of alkyl halides is 3. The normalized spacial score (nSPS) is 11.3. The Balaban J connectivity index is 1.85. The van der Waals surface area contributed by atoms with Gasteiger partial charge in [0.25, 0.3) is 11.8 Å². The standard InChI is InChI=1S/C21H16F4N2O2S/c1-11-9-18(30-12(11)2)20(29)27-17-8-7-15(10-16(17)21(23,24)25)26-19(28)13-3-5-14(22)6-4-13/h3-10H,1-2H3,(H,26,28)(H,27,29). The summed E-state index contributed by atoms with van der Waals surface area (Å²) in [5.74, 6) is -1.88. The van der Waals surface area contributed by atoms with Crippen LogP contribution in [0.4, 0.5) is 28.9 Å². The monoisotopic (exact) mass is 436 g/mol. The second-order valence-corrected chi connectivity index (χ2v) is 7.78. The number of rotatable bonds is 4. The smallest absolute Gasteiger partial charge is 0.322 e. The lowest BCUT2D eigenvalue weighted by molar-refractivity contribution is -0.136. The van der Waals surface area contributed by atoms with Gasteiger partial charge in [0.1, 0.15) is 5.82 Å². The van der Waals surface area contributed by atoms with Crippen molar-refractivity contribution in [2.24, 2.45) is 0 Å². The van der Waals surface area contributed by atoms with Crippen LogP contribution in [0.25, 0.3) is 0 Å². The predicted octanol–water partition coefficient (Wildman–Crippen LogP) is 6.03. The number of anilines is 2. The van der Waals surface area contributed by atoms with E-state index < -0.39 is 35.1 Å². The number of thiophene rings is 1. The summed E-state index contributed by atoms with van der Waals surface area (Å²) in [7, 11) is 0. The number of aryl methyl sites for hydroxylation is 2. The minimum Gasteiger partial charge on any atom is -0.322 e. The van der Waals surface area contributed by atoms with E-state index in [9.17, 15) is 27.2 Å². The van der Waals surface area contributed by atoms with Gasteiger partial charge in [-0.15, -0.1) is 11.3 Å². The molecule has 0 saturated heterocycles. The highest BCUT2D eigenvalue weighted by Crippen LogP contribution is 2.37. The Morgan fingerprint density at radius 2 is 1.57 bits per heavy atom. The van der Waals surface area contributed by atoms with Crippen molar-refractivity contribution in [2.75, 3.05) is 10.6 Å². The zero-order valence-electron chi connectivity index (χ0n) is 15.9. The molecule has 2 aromatic carbocycles. The summed E-state index contributed by atoms with van der Waals surface area (Å²) >= 11 is 1.19. The molecule has 4 nitrogen and oxygen atoms in total. The summed E-state index contributed by atoms with van der Waals surface area (Å²) in [4.78, 5) is 25.7. The van der Waals surface area contributed by atoms with E-state index in [0.29, 0.717) is 4.88 Å². The van der Waals surface area contributed by atoms with Crippen molar-refractivity contribution in [1.82, 2.24) is 0 Å². The molecule has 0 radical (unpaired) electrons. The van der Waals surface area contributed by atoms with Crippen LogP contribution in [-0.2, 0) is 6.18 Å². The van der Waals surface area contributed by atoms with E-state index in [1.165, 1.54) is 29.5 Å². The second-order valence-electron chi connectivity index (χ2n) is 6.52. The number of benzene rings is 2. The summed E-state index contributed by atoms with van der Waals surface area (Å²) < 4.78 is 53.6. The number of carbonyl (C=O) groups is 2. The van der Waals surface area contributed by atoms with E-state index in [4.69, 9.17) is 0 Å². The second kappa shape index (κ2) is 8.27. The molecule has 2 N–H and O–H groups in total. The van der Waals surface area contributed by atoms with Gasteiger partial charge in [-0.25, -0.2) is 4.39 Å². The van der Waals surface area contributed by atoms with Gasteiger partial charge in [0.05, 0.1) is 16.1 Å². The maximum Gasteiger partial charge on any atom is 0.418 e. The van der Waals surface area contributed by atoms with E-state index in [1.54, 1.807) is 6.07 Å². The first-order chi connectivity index (χ1) is 14.0. The van der Waals surface area contributed by atoms with Gasteiger partial charge in [-0.1, -0.05) is 0 Å². The number of nitrogens with one attached hydrogen (secondary N) is 2. The van der Waals surface area contributed by atoms with E-state index in [1.807, 2.05) is 13.8 Å². The summed E-state index contributed by atoms with van der Waals surface area (Å²) in [6, 6.07) is 9.25. The summed E-state index contributed by atoms with van der Waals surface area (Å²) in [5.41, 5.74) is -0.669. The van der Waals surface area contributed by atoms with Crippen LogP contribution < -0.4 is 10.6 Å². The van der Waals surface area contributed by atoms with Gasteiger partial charge < -0.3 is 10.6 Å². The minimum absolute atomic E-state index is 0.0887. The molecule has 3 aromatic rings. The molecule has 0 aliphatic heterocycles. The van der Waals surface area contributed by atoms with Crippen molar-refractivity contribution >= 4 is 34.5 Å². The van der Waals surface area contributed by atoms with Crippen molar-refractivity contribution in [3.8, 4) is 0 Å². The van der Waals surface area contributed by atoms with Crippen LogP contribution in [0, 0.1) is 19.7 Å². The molecule has 1 aromatic heterocycles. The topological polar surface area (TPSA) is 58.2 Å². The van der Waals surface area contributed by atoms with Gasteiger partial charge in [-0.3, -0.25) is 9.59 Å². The Bertz CT molecular complexity index is 1090. The molecule has 0 aliphatic rings. The van der Waals surface area contributed by atoms with Gasteiger partial charge in [0.2, 0.25) is 0 Å². The summed E-state index contributed by atoms with van der Waals surface area (Å²) in [6.45, 7) is 3.62. The molecule has 0 saturated carbocycles. The molecule has 0 aliphatic carbocycles. The molecule has 156 valence electrons. The summed E-state index contributed by atoms with van der Waals surface area (Å²) in [6.07, 6.45) is -4.76. The fraction of sp³-hybridized carbons (Fsp3) is 0.143. The average Bonchev–Trinajstić information content (AvgIpc) is 3.01. The molecule has 0 bridgehead atoms. The van der Waals surface area contributed by atoms with E-state index >= 15 is 0 Å². The SMILES string of the molecule is Cc1cc(C(=O)Nc2ccc(NC(=O)c3ccc(F)cc3)cc2C(F)(F)F)sc1C. The molecule has 1 heterocycles. The molecule has 9 heteroatoms. The number of halogens is 4. The number of amides is 2. The van der Waals surface area contributed by atoms with Crippen molar-refractivity contribution in [3.63, 3.8) is 0 Å². The van der Waals surface area contributed by atoms with Crippen LogP contribution in [0.5, 0.6) is 0 Å². The molecule has 2 amide bonds. The number of hydrogen-bond donors (Lipinski definition) is 2. The first kappa shape index (κ1) is 21.5. The van der Waals surface area contributed by atoms with Crippen LogP contribution in [0.2, 0.25) is 0 Å². The zero-order valence-corrected chi connectivity index (χ0v) is 16.7. The largest absolute Gasteiger partial charge is 0.418 e. The van der Waals surface area contributed by atoms with Gasteiger partial charge in [-0.2, -0.15) is 13.2 Å². The molecular weight excluding hydrogens is 420 g/mol. The Morgan fingerprint density at radius 3 is 2.13 bits per heavy atom. The van der Waals surface area contributed by atoms with Crippen molar-refractivity contribution < 1.29 is 27.2 Å². The summed E-state index contributed by atoms with van der Waals surface area (Å²) in [5, 5.41) is 4.63. The van der Waals surface area contributed by atoms with Crippen molar-refractivity contribution in [3.05, 3.63) is 80.8 Å². The maximum absolute atomic E-state index is 13.6. The molecular formula is C21H16F4N2O2S. The first-order valence-electron chi connectivity index (χ1n) is 8.71. The predicted molar refractivity (Wildman–Crippen MR) is 108 cm³/mol. The third-order valence-corrected chi connectivity index (χ3v) is 5.48. The lowest BCUT2D eigenvalue weighted by atomic mass is 10.1. The quantitative estimate of drug-likeness (QED) is 0.491. The van der Waals surface area contributed by atoms with E-state index in [-0.39, 0.29) is 11.3 Å². The zero-order chi connectivity index (χ0) is 22.1. The van der Waals surface area contributed by atoms with Crippen LogP contribution in [0.15, 0.2) is 48.5 Å². The highest BCUT2D eigenvalue weighted by Gasteiger charge is 2.34. The fourth-order valence-electron chi connectivity index (χ4n) is 2.64. The molecule has 0 fully saturated rings. The molecule has 30 heavy (non-hydrogen) atoms. The maximum atomic E-state index is 13.6. The lowest BCUT2D eigenvalue weighted by Crippen LogP contribution is -2.17. The average molecular weight is 436 g/mol. The minimum atomic E-state index is -4.76. The molecule has 0 spiro atoms. The fourth-order valence-corrected chi connectivity index (χ4v) is 3.57. The van der Waals surface area contributed by atoms with Crippen LogP contribution in [0.1, 0.15) is 36.0 Å². The third-order valence-electron chi connectivity index (χ3n) is 4.33. The number of carbonyl (C=O) groups excluding carboxylic acids is 2. The van der Waals surface area contributed by atoms with Gasteiger partial charge in [0.15, 0.2) is 0 Å². The Hall–Kier alpha value is -3.20. The van der Waals surface area contributed by atoms with E-state index in [0.717, 1.165) is 34.7 Å². The van der Waals surface area contributed by atoms with Gasteiger partial charge in [-0.05, 0) is 67.9 Å². The van der Waals surface area contributed by atoms with Crippen molar-refractivity contribution in [2.45, 2.75) is 20.0 Å². The number of hydrogen-bond acceptors (Lipinski definition) is 3. The first-order valence-corrected chi connectivity index (χ1v) is 9.53. The highest BCUT2D eigenvalue weighted by atomic mass is 32.1.